The maximum Gasteiger partial charge on any atom is 0.301 e. The number of fused-ring (bicyclic) bond motifs is 1. The summed E-state index contributed by atoms with van der Waals surface area (Å²) in [5.41, 5.74) is 0.464. The van der Waals surface area contributed by atoms with Crippen LogP contribution in [-0.4, -0.2) is 73.4 Å². The number of H-pyrrole nitrogens is 1. The number of aromatic nitrogens is 1. The summed E-state index contributed by atoms with van der Waals surface area (Å²) in [7, 11) is -2.41. The summed E-state index contributed by atoms with van der Waals surface area (Å²) >= 11 is 0. The predicted molar refractivity (Wildman–Crippen MR) is 123 cm³/mol. The van der Waals surface area contributed by atoms with E-state index in [2.05, 4.69) is 15.0 Å². The number of halogens is 1. The largest absolute Gasteiger partial charge is 0.360 e. The molecule has 2 aromatic carbocycles. The Kier molecular flexibility index (Phi) is 6.35. The average molecular weight is 488 g/mol. The number of carbonyl (C=O) groups is 3. The van der Waals surface area contributed by atoms with E-state index in [9.17, 15) is 27.2 Å². The number of benzene rings is 2. The lowest BCUT2D eigenvalue weighted by Crippen LogP contribution is -2.53. The van der Waals surface area contributed by atoms with Crippen LogP contribution in [0.5, 0.6) is 0 Å². The van der Waals surface area contributed by atoms with Crippen LogP contribution in [0.25, 0.3) is 10.9 Å². The van der Waals surface area contributed by atoms with Gasteiger partial charge in [0, 0.05) is 50.5 Å². The average Bonchev–Trinajstić information content (AvgIpc) is 3.29. The van der Waals surface area contributed by atoms with E-state index in [0.717, 1.165) is 6.07 Å². The minimum absolute atomic E-state index is 0.00536. The summed E-state index contributed by atoms with van der Waals surface area (Å²) in [6.07, 6.45) is 1.20. The molecule has 0 saturated carbocycles. The number of para-hydroxylation sites is 1. The number of hydrogen-bond donors (Lipinski definition) is 3. The van der Waals surface area contributed by atoms with Gasteiger partial charge < -0.3 is 15.2 Å². The molecule has 178 valence electrons. The van der Waals surface area contributed by atoms with Gasteiger partial charge in [0.05, 0.1) is 16.6 Å². The van der Waals surface area contributed by atoms with Gasteiger partial charge in [-0.15, -0.1) is 0 Å². The Morgan fingerprint density at radius 3 is 2.29 bits per heavy atom. The van der Waals surface area contributed by atoms with Gasteiger partial charge in [-0.05, 0) is 24.3 Å². The Balaban J connectivity index is 1.48. The second-order valence-electron chi connectivity index (χ2n) is 7.62. The highest BCUT2D eigenvalue weighted by molar-refractivity contribution is 7.90. The minimum Gasteiger partial charge on any atom is -0.360 e. The number of carbonyl (C=O) groups excluding carboxylic acids is 3. The third-order valence-electron chi connectivity index (χ3n) is 5.58. The van der Waals surface area contributed by atoms with Crippen LogP contribution in [0.3, 0.4) is 0 Å². The highest BCUT2D eigenvalue weighted by atomic mass is 32.2. The van der Waals surface area contributed by atoms with Crippen LogP contribution in [0, 0.1) is 5.82 Å². The Morgan fingerprint density at radius 1 is 0.971 bits per heavy atom. The van der Waals surface area contributed by atoms with Gasteiger partial charge in [0.15, 0.2) is 0 Å². The molecule has 1 aliphatic heterocycles. The molecular formula is C22H22FN5O5S. The van der Waals surface area contributed by atoms with Crippen LogP contribution < -0.4 is 10.0 Å². The number of hydrogen-bond acceptors (Lipinski definition) is 5. The standard InChI is InChI=1S/C22H22FN5O5S/c1-24-21(30)15-7-8-17(23)18-16(13-25-19(15)18)20(29)22(31)27-9-11-28(12-10-27)34(32,33)26-14-5-3-2-4-6-14/h2-8,13,25-26H,9-12H2,1H3,(H,24,30). The molecule has 3 aromatic rings. The van der Waals surface area contributed by atoms with Gasteiger partial charge in [0.25, 0.3) is 17.6 Å². The van der Waals surface area contributed by atoms with E-state index in [4.69, 9.17) is 0 Å². The number of nitrogens with zero attached hydrogens (tertiary/aromatic N) is 2. The van der Waals surface area contributed by atoms with Gasteiger partial charge in [-0.1, -0.05) is 18.2 Å². The molecule has 0 spiro atoms. The molecule has 1 fully saturated rings. The summed E-state index contributed by atoms with van der Waals surface area (Å²) in [5, 5.41) is 2.29. The van der Waals surface area contributed by atoms with E-state index in [0.29, 0.717) is 5.69 Å². The lowest BCUT2D eigenvalue weighted by atomic mass is 10.0. The molecule has 1 aromatic heterocycles. The van der Waals surface area contributed by atoms with Crippen molar-refractivity contribution in [1.82, 2.24) is 19.5 Å². The molecule has 0 atom stereocenters. The fraction of sp³-hybridized carbons (Fsp3) is 0.227. The highest BCUT2D eigenvalue weighted by Crippen LogP contribution is 2.26. The van der Waals surface area contributed by atoms with E-state index in [1.807, 2.05) is 0 Å². The van der Waals surface area contributed by atoms with Gasteiger partial charge in [0.2, 0.25) is 0 Å². The summed E-state index contributed by atoms with van der Waals surface area (Å²) in [6, 6.07) is 10.7. The molecule has 0 aliphatic carbocycles. The van der Waals surface area contributed by atoms with Crippen LogP contribution in [0.1, 0.15) is 20.7 Å². The summed E-state index contributed by atoms with van der Waals surface area (Å²) in [4.78, 5) is 41.8. The smallest absolute Gasteiger partial charge is 0.301 e. The molecular weight excluding hydrogens is 465 g/mol. The first-order chi connectivity index (χ1) is 16.2. The topological polar surface area (TPSA) is 132 Å². The monoisotopic (exact) mass is 487 g/mol. The number of piperazine rings is 1. The van der Waals surface area contributed by atoms with Gasteiger partial charge in [-0.25, -0.2) is 4.39 Å². The summed E-state index contributed by atoms with van der Waals surface area (Å²) in [6.45, 7) is -0.0301. The first-order valence-corrected chi connectivity index (χ1v) is 11.8. The molecule has 0 radical (unpaired) electrons. The molecule has 2 amide bonds. The van der Waals surface area contributed by atoms with Gasteiger partial charge >= 0.3 is 10.2 Å². The lowest BCUT2D eigenvalue weighted by molar-refractivity contribution is -0.127. The van der Waals surface area contributed by atoms with Gasteiger partial charge in [0.1, 0.15) is 5.82 Å². The Morgan fingerprint density at radius 2 is 1.65 bits per heavy atom. The van der Waals surface area contributed by atoms with Crippen molar-refractivity contribution >= 4 is 44.4 Å². The van der Waals surface area contributed by atoms with Crippen molar-refractivity contribution in [2.75, 3.05) is 37.9 Å². The minimum atomic E-state index is -3.83. The molecule has 12 heteroatoms. The quantitative estimate of drug-likeness (QED) is 0.357. The summed E-state index contributed by atoms with van der Waals surface area (Å²) < 4.78 is 43.4. The van der Waals surface area contributed by atoms with E-state index in [1.54, 1.807) is 30.3 Å². The number of amides is 2. The zero-order chi connectivity index (χ0) is 24.5. The molecule has 2 heterocycles. The molecule has 1 aliphatic rings. The van der Waals surface area contributed by atoms with Crippen LogP contribution in [-0.2, 0) is 15.0 Å². The predicted octanol–water partition coefficient (Wildman–Crippen LogP) is 1.35. The normalized spacial score (nSPS) is 14.7. The number of anilines is 1. The number of ketones is 1. The van der Waals surface area contributed by atoms with Crippen LogP contribution in [0.15, 0.2) is 48.7 Å². The second kappa shape index (κ2) is 9.23. The van der Waals surface area contributed by atoms with Gasteiger partial charge in [-0.2, -0.15) is 12.7 Å². The van der Waals surface area contributed by atoms with Gasteiger partial charge in [-0.3, -0.25) is 19.1 Å². The molecule has 0 bridgehead atoms. The molecule has 34 heavy (non-hydrogen) atoms. The lowest BCUT2D eigenvalue weighted by Gasteiger charge is -2.33. The molecule has 1 saturated heterocycles. The number of rotatable bonds is 6. The Bertz CT molecular complexity index is 1370. The summed E-state index contributed by atoms with van der Waals surface area (Å²) in [5.74, 6) is -3.04. The van der Waals surface area contributed by atoms with Crippen LogP contribution in [0.2, 0.25) is 0 Å². The Labute approximate surface area is 194 Å². The number of aromatic amines is 1. The molecule has 4 rings (SSSR count). The fourth-order valence-electron chi connectivity index (χ4n) is 3.82. The third-order valence-corrected chi connectivity index (χ3v) is 7.12. The highest BCUT2D eigenvalue weighted by Gasteiger charge is 2.33. The zero-order valence-corrected chi connectivity index (χ0v) is 19.0. The van der Waals surface area contributed by atoms with Crippen molar-refractivity contribution in [1.29, 1.82) is 0 Å². The van der Waals surface area contributed by atoms with Crippen molar-refractivity contribution in [2.24, 2.45) is 0 Å². The molecule has 0 unspecified atom stereocenters. The zero-order valence-electron chi connectivity index (χ0n) is 18.2. The van der Waals surface area contributed by atoms with Crippen molar-refractivity contribution < 1.29 is 27.2 Å². The molecule has 10 nitrogen and oxygen atoms in total. The third kappa shape index (κ3) is 4.37. The van der Waals surface area contributed by atoms with Crippen LogP contribution >= 0.6 is 0 Å². The van der Waals surface area contributed by atoms with Crippen molar-refractivity contribution in [2.45, 2.75) is 0 Å². The van der Waals surface area contributed by atoms with Crippen molar-refractivity contribution in [3.63, 3.8) is 0 Å². The van der Waals surface area contributed by atoms with E-state index < -0.39 is 33.6 Å². The van der Waals surface area contributed by atoms with E-state index >= 15 is 0 Å². The van der Waals surface area contributed by atoms with Crippen molar-refractivity contribution in [3.8, 4) is 0 Å². The Hall–Kier alpha value is -3.77. The first kappa shape index (κ1) is 23.4. The SMILES string of the molecule is CNC(=O)c1ccc(F)c2c(C(=O)C(=O)N3CCN(S(=O)(=O)Nc4ccccc4)CC3)c[nH]c12. The first-order valence-electron chi connectivity index (χ1n) is 10.4. The van der Waals surface area contributed by atoms with Crippen molar-refractivity contribution in [3.05, 3.63) is 65.6 Å². The van der Waals surface area contributed by atoms with Crippen LogP contribution in [0.4, 0.5) is 10.1 Å². The van der Waals surface area contributed by atoms with E-state index in [1.165, 1.54) is 28.5 Å². The number of Topliss-reactive ketones (excluding diaryl/α,β-unsaturated/α-hetero) is 1. The second-order valence-corrected chi connectivity index (χ2v) is 9.29. The molecule has 3 N–H and O–H groups in total. The van der Waals surface area contributed by atoms with E-state index in [-0.39, 0.29) is 48.2 Å². The maximum atomic E-state index is 14.5. The maximum absolute atomic E-state index is 14.5. The number of nitrogens with one attached hydrogen (secondary N) is 3. The fourth-order valence-corrected chi connectivity index (χ4v) is 5.03.